The van der Waals surface area contributed by atoms with Crippen LogP contribution in [-0.4, -0.2) is 35.1 Å². The Morgan fingerprint density at radius 1 is 1.40 bits per heavy atom. The van der Waals surface area contributed by atoms with Gasteiger partial charge in [0, 0.05) is 30.1 Å². The Morgan fingerprint density at radius 3 is 2.85 bits per heavy atom. The van der Waals surface area contributed by atoms with E-state index in [0.717, 1.165) is 36.9 Å². The monoisotopic (exact) mass is 333 g/mol. The van der Waals surface area contributed by atoms with Gasteiger partial charge in [0.15, 0.2) is 0 Å². The second-order valence-corrected chi connectivity index (χ2v) is 7.36. The second-order valence-electron chi connectivity index (χ2n) is 5.06. The SMILES string of the molecule is CCCNc1nc(N2CCSC(C)C2C)c(Cl)cc1Cl. The van der Waals surface area contributed by atoms with Crippen LogP contribution in [0.5, 0.6) is 0 Å². The Morgan fingerprint density at radius 2 is 2.15 bits per heavy atom. The molecule has 1 N–H and O–H groups in total. The number of nitrogens with one attached hydrogen (secondary N) is 1. The molecule has 3 nitrogen and oxygen atoms in total. The highest BCUT2D eigenvalue weighted by Crippen LogP contribution is 2.35. The fraction of sp³-hybridized carbons (Fsp3) is 0.643. The van der Waals surface area contributed by atoms with E-state index in [9.17, 15) is 0 Å². The Hall–Kier alpha value is -0.320. The number of rotatable bonds is 4. The van der Waals surface area contributed by atoms with Crippen molar-refractivity contribution >= 4 is 46.6 Å². The Balaban J connectivity index is 2.30. The van der Waals surface area contributed by atoms with Crippen LogP contribution >= 0.6 is 35.0 Å². The predicted molar refractivity (Wildman–Crippen MR) is 91.8 cm³/mol. The second kappa shape index (κ2) is 7.10. The average Bonchev–Trinajstić information content (AvgIpc) is 2.41. The van der Waals surface area contributed by atoms with E-state index in [1.807, 2.05) is 11.8 Å². The molecule has 6 heteroatoms. The summed E-state index contributed by atoms with van der Waals surface area (Å²) in [5.41, 5.74) is 0. The van der Waals surface area contributed by atoms with E-state index in [2.05, 4.69) is 36.0 Å². The highest BCUT2D eigenvalue weighted by atomic mass is 35.5. The summed E-state index contributed by atoms with van der Waals surface area (Å²) in [5, 5.41) is 5.05. The molecule has 1 aliphatic heterocycles. The highest BCUT2D eigenvalue weighted by molar-refractivity contribution is 8.00. The molecule has 1 aromatic rings. The number of aromatic nitrogens is 1. The first-order valence-electron chi connectivity index (χ1n) is 7.02. The van der Waals surface area contributed by atoms with Crippen molar-refractivity contribution in [2.24, 2.45) is 0 Å². The van der Waals surface area contributed by atoms with E-state index < -0.39 is 0 Å². The molecule has 1 saturated heterocycles. The summed E-state index contributed by atoms with van der Waals surface area (Å²) < 4.78 is 0. The van der Waals surface area contributed by atoms with Crippen LogP contribution < -0.4 is 10.2 Å². The molecular weight excluding hydrogens is 313 g/mol. The molecular formula is C14H21Cl2N3S. The minimum Gasteiger partial charge on any atom is -0.369 e. The maximum atomic E-state index is 6.36. The molecule has 0 aliphatic carbocycles. The minimum atomic E-state index is 0.416. The number of halogens is 2. The van der Waals surface area contributed by atoms with Crippen molar-refractivity contribution in [2.75, 3.05) is 29.1 Å². The quantitative estimate of drug-likeness (QED) is 0.875. The van der Waals surface area contributed by atoms with Crippen molar-refractivity contribution in [3.05, 3.63) is 16.1 Å². The van der Waals surface area contributed by atoms with Gasteiger partial charge in [-0.3, -0.25) is 0 Å². The van der Waals surface area contributed by atoms with Crippen LogP contribution in [0.3, 0.4) is 0 Å². The molecule has 1 aliphatic rings. The lowest BCUT2D eigenvalue weighted by Gasteiger charge is -2.38. The first kappa shape index (κ1) is 16.1. The minimum absolute atomic E-state index is 0.416. The topological polar surface area (TPSA) is 28.2 Å². The van der Waals surface area contributed by atoms with E-state index in [1.54, 1.807) is 6.07 Å². The molecule has 0 bridgehead atoms. The van der Waals surface area contributed by atoms with E-state index in [-0.39, 0.29) is 0 Å². The van der Waals surface area contributed by atoms with Gasteiger partial charge in [-0.2, -0.15) is 11.8 Å². The average molecular weight is 334 g/mol. The summed E-state index contributed by atoms with van der Waals surface area (Å²) >= 11 is 14.6. The van der Waals surface area contributed by atoms with Crippen molar-refractivity contribution < 1.29 is 0 Å². The van der Waals surface area contributed by atoms with Crippen molar-refractivity contribution in [1.29, 1.82) is 0 Å². The number of hydrogen-bond acceptors (Lipinski definition) is 4. The summed E-state index contributed by atoms with van der Waals surface area (Å²) in [4.78, 5) is 6.95. The van der Waals surface area contributed by atoms with Crippen molar-refractivity contribution in [2.45, 2.75) is 38.5 Å². The molecule has 2 atom stereocenters. The van der Waals surface area contributed by atoms with Gasteiger partial charge in [-0.25, -0.2) is 4.98 Å². The van der Waals surface area contributed by atoms with Gasteiger partial charge in [0.25, 0.3) is 0 Å². The molecule has 20 heavy (non-hydrogen) atoms. The number of pyridine rings is 1. The zero-order valence-electron chi connectivity index (χ0n) is 12.1. The summed E-state index contributed by atoms with van der Waals surface area (Å²) in [7, 11) is 0. The van der Waals surface area contributed by atoms with Gasteiger partial charge >= 0.3 is 0 Å². The zero-order chi connectivity index (χ0) is 14.7. The molecule has 0 aromatic carbocycles. The Labute approximate surface area is 135 Å². The fourth-order valence-electron chi connectivity index (χ4n) is 2.26. The normalized spacial score (nSPS) is 22.9. The van der Waals surface area contributed by atoms with Crippen LogP contribution in [0.25, 0.3) is 0 Å². The standard InChI is InChI=1S/C14H21Cl2N3S/c1-4-5-17-13-11(15)8-12(16)14(18-13)19-6-7-20-10(3)9(19)2/h8-10H,4-7H2,1-3H3,(H,17,18). The van der Waals surface area contributed by atoms with Gasteiger partial charge in [0.05, 0.1) is 10.0 Å². The zero-order valence-corrected chi connectivity index (χ0v) is 14.4. The Kier molecular flexibility index (Phi) is 5.70. The van der Waals surface area contributed by atoms with Gasteiger partial charge in [-0.15, -0.1) is 0 Å². The summed E-state index contributed by atoms with van der Waals surface area (Å²) in [6.45, 7) is 8.42. The number of hydrogen-bond donors (Lipinski definition) is 1. The number of nitrogens with zero attached hydrogens (tertiary/aromatic N) is 2. The first-order chi connectivity index (χ1) is 9.54. The lowest BCUT2D eigenvalue weighted by molar-refractivity contribution is 0.621. The van der Waals surface area contributed by atoms with Gasteiger partial charge in [0.2, 0.25) is 0 Å². The van der Waals surface area contributed by atoms with Gasteiger partial charge in [-0.1, -0.05) is 37.0 Å². The van der Waals surface area contributed by atoms with Crippen LogP contribution in [0, 0.1) is 0 Å². The first-order valence-corrected chi connectivity index (χ1v) is 8.83. The van der Waals surface area contributed by atoms with Crippen molar-refractivity contribution in [1.82, 2.24) is 4.98 Å². The van der Waals surface area contributed by atoms with Crippen LogP contribution in [0.2, 0.25) is 10.0 Å². The molecule has 112 valence electrons. The van der Waals surface area contributed by atoms with E-state index in [4.69, 9.17) is 23.2 Å². The molecule has 2 heterocycles. The van der Waals surface area contributed by atoms with Crippen LogP contribution in [0.1, 0.15) is 27.2 Å². The van der Waals surface area contributed by atoms with E-state index in [0.29, 0.717) is 21.3 Å². The van der Waals surface area contributed by atoms with Gasteiger partial charge < -0.3 is 10.2 Å². The Bertz CT molecular complexity index is 470. The maximum Gasteiger partial charge on any atom is 0.150 e. The molecule has 1 aromatic heterocycles. The molecule has 1 fully saturated rings. The van der Waals surface area contributed by atoms with Gasteiger partial charge in [-0.05, 0) is 19.4 Å². The summed E-state index contributed by atoms with van der Waals surface area (Å²) in [6, 6.07) is 2.21. The fourth-order valence-corrected chi connectivity index (χ4v) is 3.89. The smallest absolute Gasteiger partial charge is 0.150 e. The predicted octanol–water partition coefficient (Wildman–Crippen LogP) is 4.54. The molecule has 0 radical (unpaired) electrons. The third kappa shape index (κ3) is 3.46. The molecule has 0 spiro atoms. The van der Waals surface area contributed by atoms with Crippen LogP contribution in [-0.2, 0) is 0 Å². The third-order valence-corrected chi connectivity index (χ3v) is 5.51. The highest BCUT2D eigenvalue weighted by Gasteiger charge is 2.28. The van der Waals surface area contributed by atoms with Gasteiger partial charge in [0.1, 0.15) is 11.6 Å². The van der Waals surface area contributed by atoms with Crippen LogP contribution in [0.4, 0.5) is 11.6 Å². The number of anilines is 2. The molecule has 0 amide bonds. The van der Waals surface area contributed by atoms with Crippen molar-refractivity contribution in [3.63, 3.8) is 0 Å². The lowest BCUT2D eigenvalue weighted by atomic mass is 10.2. The van der Waals surface area contributed by atoms with E-state index >= 15 is 0 Å². The third-order valence-electron chi connectivity index (χ3n) is 3.61. The maximum absolute atomic E-state index is 6.36. The number of thioether (sulfide) groups is 1. The lowest BCUT2D eigenvalue weighted by Crippen LogP contribution is -2.45. The largest absolute Gasteiger partial charge is 0.369 e. The van der Waals surface area contributed by atoms with Crippen molar-refractivity contribution in [3.8, 4) is 0 Å². The van der Waals surface area contributed by atoms with E-state index in [1.165, 1.54) is 0 Å². The summed E-state index contributed by atoms with van der Waals surface area (Å²) in [5.74, 6) is 2.67. The van der Waals surface area contributed by atoms with Crippen LogP contribution in [0.15, 0.2) is 6.07 Å². The molecule has 0 saturated carbocycles. The molecule has 2 unspecified atom stereocenters. The molecule has 2 rings (SSSR count). The summed E-state index contributed by atoms with van der Waals surface area (Å²) in [6.07, 6.45) is 1.03.